The summed E-state index contributed by atoms with van der Waals surface area (Å²) in [6, 6.07) is 15.9. The first-order valence-electron chi connectivity index (χ1n) is 9.45. The zero-order chi connectivity index (χ0) is 21.4. The molecule has 152 valence electrons. The third-order valence-electron chi connectivity index (χ3n) is 5.10. The van der Waals surface area contributed by atoms with Crippen molar-refractivity contribution in [3.8, 4) is 28.0 Å². The highest BCUT2D eigenvalue weighted by Gasteiger charge is 2.23. The summed E-state index contributed by atoms with van der Waals surface area (Å²) in [7, 11) is 1.39. The van der Waals surface area contributed by atoms with Crippen molar-refractivity contribution < 1.29 is 13.5 Å². The van der Waals surface area contributed by atoms with Crippen molar-refractivity contribution in [2.24, 2.45) is 5.73 Å². The smallest absolute Gasteiger partial charge is 0.263 e. The van der Waals surface area contributed by atoms with E-state index in [1.54, 1.807) is 25.1 Å². The minimum atomic E-state index is -0.552. The second-order valence-corrected chi connectivity index (χ2v) is 7.08. The number of hydrogen-bond donors (Lipinski definition) is 1. The first-order chi connectivity index (χ1) is 14.4. The molecule has 4 aromatic rings. The van der Waals surface area contributed by atoms with Gasteiger partial charge in [0.25, 0.3) is 5.56 Å². The van der Waals surface area contributed by atoms with Gasteiger partial charge in [-0.05, 0) is 47.9 Å². The SMILES string of the molecule is COc1ccc(-c2c(C(C)N)c(-c3ccccc3)c(=O)n3cc(F)ccc23)cc1F. The molecule has 0 bridgehead atoms. The van der Waals surface area contributed by atoms with Crippen molar-refractivity contribution >= 4 is 5.52 Å². The number of aromatic nitrogens is 1. The number of fused-ring (bicyclic) bond motifs is 1. The Hall–Kier alpha value is -3.51. The maximum absolute atomic E-state index is 14.6. The number of nitrogens with two attached hydrogens (primary N) is 1. The average Bonchev–Trinajstić information content (AvgIpc) is 2.74. The monoisotopic (exact) mass is 406 g/mol. The fraction of sp³-hybridized carbons (Fsp3) is 0.125. The summed E-state index contributed by atoms with van der Waals surface area (Å²) in [5, 5.41) is 0. The van der Waals surface area contributed by atoms with Crippen LogP contribution in [0, 0.1) is 11.6 Å². The number of pyridine rings is 2. The Morgan fingerprint density at radius 2 is 1.70 bits per heavy atom. The second-order valence-electron chi connectivity index (χ2n) is 7.08. The second kappa shape index (κ2) is 7.72. The molecule has 2 heterocycles. The van der Waals surface area contributed by atoms with E-state index in [9.17, 15) is 13.6 Å². The molecule has 2 N–H and O–H groups in total. The van der Waals surface area contributed by atoms with Gasteiger partial charge < -0.3 is 10.5 Å². The zero-order valence-corrected chi connectivity index (χ0v) is 16.5. The molecule has 0 saturated heterocycles. The molecule has 30 heavy (non-hydrogen) atoms. The van der Waals surface area contributed by atoms with Gasteiger partial charge in [0.1, 0.15) is 5.82 Å². The fourth-order valence-electron chi connectivity index (χ4n) is 3.81. The molecule has 0 saturated carbocycles. The molecule has 4 rings (SSSR count). The van der Waals surface area contributed by atoms with Gasteiger partial charge in [-0.25, -0.2) is 8.78 Å². The van der Waals surface area contributed by atoms with Gasteiger partial charge in [0, 0.05) is 17.8 Å². The van der Waals surface area contributed by atoms with Crippen LogP contribution in [-0.2, 0) is 0 Å². The summed E-state index contributed by atoms with van der Waals surface area (Å²) in [5.41, 5.74) is 9.07. The van der Waals surface area contributed by atoms with Crippen LogP contribution in [0.3, 0.4) is 0 Å². The van der Waals surface area contributed by atoms with Gasteiger partial charge in [-0.3, -0.25) is 9.20 Å². The molecule has 1 unspecified atom stereocenters. The Balaban J connectivity index is 2.21. The summed E-state index contributed by atoms with van der Waals surface area (Å²) < 4.78 is 34.9. The van der Waals surface area contributed by atoms with Crippen molar-refractivity contribution in [3.05, 3.63) is 94.4 Å². The molecule has 0 radical (unpaired) electrons. The number of halogens is 2. The maximum Gasteiger partial charge on any atom is 0.263 e. The lowest BCUT2D eigenvalue weighted by Crippen LogP contribution is -2.23. The maximum atomic E-state index is 14.6. The van der Waals surface area contributed by atoms with Crippen LogP contribution in [-0.4, -0.2) is 11.5 Å². The minimum Gasteiger partial charge on any atom is -0.494 e. The highest BCUT2D eigenvalue weighted by molar-refractivity contribution is 5.89. The Kier molecular flexibility index (Phi) is 5.10. The molecule has 0 spiro atoms. The topological polar surface area (TPSA) is 56.7 Å². The fourth-order valence-corrected chi connectivity index (χ4v) is 3.81. The molecule has 2 aromatic heterocycles. The van der Waals surface area contributed by atoms with Crippen LogP contribution in [0.1, 0.15) is 18.5 Å². The van der Waals surface area contributed by atoms with Gasteiger partial charge in [-0.2, -0.15) is 0 Å². The van der Waals surface area contributed by atoms with Crippen LogP contribution in [0.15, 0.2) is 71.7 Å². The lowest BCUT2D eigenvalue weighted by Gasteiger charge is -2.21. The molecule has 0 aliphatic heterocycles. The van der Waals surface area contributed by atoms with Crippen molar-refractivity contribution in [1.29, 1.82) is 0 Å². The average molecular weight is 406 g/mol. The highest BCUT2D eigenvalue weighted by Crippen LogP contribution is 2.38. The lowest BCUT2D eigenvalue weighted by molar-refractivity contribution is 0.386. The van der Waals surface area contributed by atoms with Gasteiger partial charge in [-0.1, -0.05) is 36.4 Å². The van der Waals surface area contributed by atoms with Crippen molar-refractivity contribution in [3.63, 3.8) is 0 Å². The number of nitrogens with zero attached hydrogens (tertiary/aromatic N) is 1. The van der Waals surface area contributed by atoms with Gasteiger partial charge in [0.2, 0.25) is 0 Å². The van der Waals surface area contributed by atoms with E-state index in [1.165, 1.54) is 35.8 Å². The number of hydrogen-bond acceptors (Lipinski definition) is 3. The van der Waals surface area contributed by atoms with E-state index in [0.717, 1.165) is 6.20 Å². The molecule has 6 heteroatoms. The van der Waals surface area contributed by atoms with E-state index in [2.05, 4.69) is 0 Å². The normalized spacial score (nSPS) is 12.2. The zero-order valence-electron chi connectivity index (χ0n) is 16.5. The first kappa shape index (κ1) is 19.8. The molecular weight excluding hydrogens is 386 g/mol. The van der Waals surface area contributed by atoms with Crippen LogP contribution in [0.2, 0.25) is 0 Å². The van der Waals surface area contributed by atoms with Crippen molar-refractivity contribution in [2.45, 2.75) is 13.0 Å². The summed E-state index contributed by atoms with van der Waals surface area (Å²) in [6.45, 7) is 1.77. The van der Waals surface area contributed by atoms with E-state index in [1.807, 2.05) is 18.2 Å². The molecule has 0 fully saturated rings. The molecule has 2 aromatic carbocycles. The summed E-state index contributed by atoms with van der Waals surface area (Å²) in [6.07, 6.45) is 1.14. The van der Waals surface area contributed by atoms with Crippen LogP contribution >= 0.6 is 0 Å². The summed E-state index contributed by atoms with van der Waals surface area (Å²) >= 11 is 0. The molecule has 0 amide bonds. The van der Waals surface area contributed by atoms with Gasteiger partial charge in [0.05, 0.1) is 18.2 Å². The van der Waals surface area contributed by atoms with Crippen molar-refractivity contribution in [1.82, 2.24) is 4.40 Å². The molecule has 4 nitrogen and oxygen atoms in total. The lowest BCUT2D eigenvalue weighted by atomic mass is 9.88. The molecular formula is C24H20F2N2O2. The van der Waals surface area contributed by atoms with E-state index >= 15 is 0 Å². The Bertz CT molecular complexity index is 1300. The van der Waals surface area contributed by atoms with Gasteiger partial charge in [0.15, 0.2) is 11.6 Å². The van der Waals surface area contributed by atoms with E-state index < -0.39 is 17.7 Å². The van der Waals surface area contributed by atoms with Gasteiger partial charge in [-0.15, -0.1) is 0 Å². The number of ether oxygens (including phenoxy) is 1. The van der Waals surface area contributed by atoms with E-state index in [0.29, 0.717) is 33.3 Å². The van der Waals surface area contributed by atoms with Crippen LogP contribution in [0.5, 0.6) is 5.75 Å². The number of rotatable bonds is 4. The largest absolute Gasteiger partial charge is 0.494 e. The predicted octanol–water partition coefficient (Wildman–Crippen LogP) is 4.94. The van der Waals surface area contributed by atoms with Crippen LogP contribution < -0.4 is 16.0 Å². The third-order valence-corrected chi connectivity index (χ3v) is 5.10. The highest BCUT2D eigenvalue weighted by atomic mass is 19.1. The number of methoxy groups -OCH3 is 1. The van der Waals surface area contributed by atoms with E-state index in [4.69, 9.17) is 10.5 Å². The molecule has 0 aliphatic rings. The Labute approximate surface area is 172 Å². The van der Waals surface area contributed by atoms with Crippen LogP contribution in [0.4, 0.5) is 8.78 Å². The first-order valence-corrected chi connectivity index (χ1v) is 9.45. The van der Waals surface area contributed by atoms with Crippen LogP contribution in [0.25, 0.3) is 27.8 Å². The third kappa shape index (κ3) is 3.25. The standard InChI is InChI=1S/C24H20F2N2O2/c1-14(27)21-22(16-8-11-20(30-2)18(26)12-16)19-10-9-17(25)13-28(19)24(29)23(21)15-6-4-3-5-7-15/h3-14H,27H2,1-2H3. The van der Waals surface area contributed by atoms with E-state index in [-0.39, 0.29) is 11.3 Å². The van der Waals surface area contributed by atoms with Crippen molar-refractivity contribution in [2.75, 3.05) is 7.11 Å². The minimum absolute atomic E-state index is 0.104. The molecule has 1 atom stereocenters. The quantitative estimate of drug-likeness (QED) is 0.522. The summed E-state index contributed by atoms with van der Waals surface area (Å²) in [5.74, 6) is -0.991. The summed E-state index contributed by atoms with van der Waals surface area (Å²) in [4.78, 5) is 13.4. The van der Waals surface area contributed by atoms with Gasteiger partial charge >= 0.3 is 0 Å². The predicted molar refractivity (Wildman–Crippen MR) is 114 cm³/mol. The number of benzene rings is 2. The molecule has 0 aliphatic carbocycles. The Morgan fingerprint density at radius 3 is 2.33 bits per heavy atom. The Morgan fingerprint density at radius 1 is 0.967 bits per heavy atom.